The highest BCUT2D eigenvalue weighted by Crippen LogP contribution is 2.22. The lowest BCUT2D eigenvalue weighted by Crippen LogP contribution is -2.44. The normalized spacial score (nSPS) is 21.5. The van der Waals surface area contributed by atoms with E-state index in [0.29, 0.717) is 36.7 Å². The fourth-order valence-corrected chi connectivity index (χ4v) is 3.80. The van der Waals surface area contributed by atoms with Crippen molar-refractivity contribution in [2.24, 2.45) is 11.7 Å². The Morgan fingerprint density at radius 1 is 1.53 bits per heavy atom. The maximum atomic E-state index is 12.4. The summed E-state index contributed by atoms with van der Waals surface area (Å²) in [6, 6.07) is 0. The van der Waals surface area contributed by atoms with Crippen LogP contribution in [-0.4, -0.2) is 42.6 Å². The average molecular weight is 287 g/mol. The summed E-state index contributed by atoms with van der Waals surface area (Å²) >= 11 is 0. The van der Waals surface area contributed by atoms with Crippen molar-refractivity contribution in [3.63, 3.8) is 0 Å². The first-order chi connectivity index (χ1) is 8.94. The third-order valence-corrected chi connectivity index (χ3v) is 4.99. The Balaban J connectivity index is 2.14. The van der Waals surface area contributed by atoms with E-state index in [4.69, 9.17) is 5.73 Å². The van der Waals surface area contributed by atoms with Crippen molar-refractivity contribution < 1.29 is 8.42 Å². The highest BCUT2D eigenvalue weighted by Gasteiger charge is 2.29. The Hall–Kier alpha value is -1.12. The predicted molar refractivity (Wildman–Crippen MR) is 74.0 cm³/mol. The number of hydrogen-bond donors (Lipinski definition) is 3. The van der Waals surface area contributed by atoms with Crippen LogP contribution in [0.4, 0.5) is 5.69 Å². The number of nitrogens with zero attached hydrogens (tertiary/aromatic N) is 2. The SMILES string of the molecule is Cc1n[nH]c(C)c1NS(=O)(=O)N1CCCC(CN)C1. The van der Waals surface area contributed by atoms with Gasteiger partial charge in [-0.2, -0.15) is 17.8 Å². The zero-order valence-corrected chi connectivity index (χ0v) is 12.1. The Morgan fingerprint density at radius 2 is 2.26 bits per heavy atom. The molecule has 0 aliphatic carbocycles. The van der Waals surface area contributed by atoms with Crippen LogP contribution < -0.4 is 10.5 Å². The van der Waals surface area contributed by atoms with Gasteiger partial charge in [0.1, 0.15) is 0 Å². The second kappa shape index (κ2) is 5.48. The van der Waals surface area contributed by atoms with Crippen LogP contribution in [0.5, 0.6) is 0 Å². The summed E-state index contributed by atoms with van der Waals surface area (Å²) in [7, 11) is -3.53. The minimum Gasteiger partial charge on any atom is -0.330 e. The molecule has 1 aromatic rings. The van der Waals surface area contributed by atoms with E-state index in [2.05, 4.69) is 14.9 Å². The highest BCUT2D eigenvalue weighted by molar-refractivity contribution is 7.90. The van der Waals surface area contributed by atoms with E-state index in [1.807, 2.05) is 0 Å². The van der Waals surface area contributed by atoms with Gasteiger partial charge < -0.3 is 5.73 Å². The summed E-state index contributed by atoms with van der Waals surface area (Å²) in [4.78, 5) is 0. The van der Waals surface area contributed by atoms with Gasteiger partial charge in [0, 0.05) is 13.1 Å². The van der Waals surface area contributed by atoms with Crippen LogP contribution in [0.2, 0.25) is 0 Å². The fraction of sp³-hybridized carbons (Fsp3) is 0.727. The number of aromatic amines is 1. The van der Waals surface area contributed by atoms with Gasteiger partial charge in [-0.25, -0.2) is 0 Å². The van der Waals surface area contributed by atoms with Gasteiger partial charge in [0.05, 0.1) is 17.1 Å². The van der Waals surface area contributed by atoms with Crippen molar-refractivity contribution in [2.45, 2.75) is 26.7 Å². The maximum Gasteiger partial charge on any atom is 0.301 e. The molecule has 8 heteroatoms. The topological polar surface area (TPSA) is 104 Å². The van der Waals surface area contributed by atoms with Crippen molar-refractivity contribution >= 4 is 15.9 Å². The Labute approximate surface area is 113 Å². The van der Waals surface area contributed by atoms with E-state index in [0.717, 1.165) is 12.8 Å². The molecule has 1 saturated heterocycles. The van der Waals surface area contributed by atoms with Crippen LogP contribution in [0.3, 0.4) is 0 Å². The van der Waals surface area contributed by atoms with Crippen molar-refractivity contribution in [3.8, 4) is 0 Å². The number of anilines is 1. The van der Waals surface area contributed by atoms with Gasteiger partial charge in [-0.05, 0) is 39.2 Å². The molecule has 0 aromatic carbocycles. The molecule has 0 saturated carbocycles. The Bertz CT molecular complexity index is 520. The molecule has 0 bridgehead atoms. The molecule has 7 nitrogen and oxygen atoms in total. The zero-order valence-electron chi connectivity index (χ0n) is 11.3. The third kappa shape index (κ3) is 3.07. The summed E-state index contributed by atoms with van der Waals surface area (Å²) in [5, 5.41) is 6.75. The predicted octanol–water partition coefficient (Wildman–Crippen LogP) is 0.354. The minimum absolute atomic E-state index is 0.247. The van der Waals surface area contributed by atoms with E-state index < -0.39 is 10.2 Å². The van der Waals surface area contributed by atoms with Gasteiger partial charge in [0.2, 0.25) is 0 Å². The Morgan fingerprint density at radius 3 is 2.84 bits per heavy atom. The molecule has 1 aromatic heterocycles. The van der Waals surface area contributed by atoms with Crippen molar-refractivity contribution in [1.29, 1.82) is 0 Å². The van der Waals surface area contributed by atoms with Gasteiger partial charge >= 0.3 is 10.2 Å². The molecular weight excluding hydrogens is 266 g/mol. The van der Waals surface area contributed by atoms with Crippen LogP contribution in [0, 0.1) is 19.8 Å². The molecule has 1 atom stereocenters. The molecule has 1 fully saturated rings. The lowest BCUT2D eigenvalue weighted by Gasteiger charge is -2.31. The molecule has 0 radical (unpaired) electrons. The number of nitrogens with one attached hydrogen (secondary N) is 2. The van der Waals surface area contributed by atoms with Crippen molar-refractivity contribution in [1.82, 2.24) is 14.5 Å². The molecule has 1 aliphatic heterocycles. The minimum atomic E-state index is -3.53. The first-order valence-corrected chi connectivity index (χ1v) is 7.87. The lowest BCUT2D eigenvalue weighted by atomic mass is 10.0. The van der Waals surface area contributed by atoms with E-state index in [9.17, 15) is 8.42 Å². The molecule has 0 spiro atoms. The molecule has 4 N–H and O–H groups in total. The second-order valence-electron chi connectivity index (χ2n) is 5.02. The quantitative estimate of drug-likeness (QED) is 0.743. The molecule has 19 heavy (non-hydrogen) atoms. The number of piperidine rings is 1. The molecular formula is C11H21N5O2S. The maximum absolute atomic E-state index is 12.4. The smallest absolute Gasteiger partial charge is 0.301 e. The van der Waals surface area contributed by atoms with Crippen LogP contribution in [-0.2, 0) is 10.2 Å². The largest absolute Gasteiger partial charge is 0.330 e. The van der Waals surface area contributed by atoms with Crippen LogP contribution in [0.1, 0.15) is 24.2 Å². The fourth-order valence-electron chi connectivity index (χ4n) is 2.33. The van der Waals surface area contributed by atoms with Gasteiger partial charge in [0.15, 0.2) is 0 Å². The zero-order chi connectivity index (χ0) is 14.0. The molecule has 0 amide bonds. The van der Waals surface area contributed by atoms with Crippen LogP contribution >= 0.6 is 0 Å². The number of nitrogens with two attached hydrogens (primary N) is 1. The van der Waals surface area contributed by atoms with Gasteiger partial charge in [-0.15, -0.1) is 0 Å². The van der Waals surface area contributed by atoms with E-state index in [1.54, 1.807) is 13.8 Å². The second-order valence-corrected chi connectivity index (χ2v) is 6.69. The number of H-pyrrole nitrogens is 1. The van der Waals surface area contributed by atoms with E-state index in [-0.39, 0.29) is 5.92 Å². The number of aromatic nitrogens is 2. The number of hydrogen-bond acceptors (Lipinski definition) is 4. The highest BCUT2D eigenvalue weighted by atomic mass is 32.2. The van der Waals surface area contributed by atoms with Crippen molar-refractivity contribution in [2.75, 3.05) is 24.4 Å². The van der Waals surface area contributed by atoms with Gasteiger partial charge in [0.25, 0.3) is 0 Å². The standard InChI is InChI=1S/C11H21N5O2S/c1-8-11(9(2)14-13-8)15-19(17,18)16-5-3-4-10(6-12)7-16/h10,15H,3-7,12H2,1-2H3,(H,13,14). The third-order valence-electron chi connectivity index (χ3n) is 3.51. The Kier molecular flexibility index (Phi) is 4.12. The van der Waals surface area contributed by atoms with Crippen LogP contribution in [0.15, 0.2) is 0 Å². The van der Waals surface area contributed by atoms with Gasteiger partial charge in [-0.1, -0.05) is 0 Å². The summed E-state index contributed by atoms with van der Waals surface area (Å²) in [5.41, 5.74) is 7.54. The summed E-state index contributed by atoms with van der Waals surface area (Å²) in [6.07, 6.45) is 1.85. The summed E-state index contributed by atoms with van der Waals surface area (Å²) in [5.74, 6) is 0.247. The number of rotatable bonds is 4. The summed E-state index contributed by atoms with van der Waals surface area (Å²) < 4.78 is 28.8. The summed E-state index contributed by atoms with van der Waals surface area (Å²) in [6.45, 7) is 5.11. The van der Waals surface area contributed by atoms with Crippen molar-refractivity contribution in [3.05, 3.63) is 11.4 Å². The first-order valence-electron chi connectivity index (χ1n) is 6.43. The molecule has 2 heterocycles. The molecule has 2 rings (SSSR count). The van der Waals surface area contributed by atoms with Crippen LogP contribution in [0.25, 0.3) is 0 Å². The molecule has 1 unspecified atom stereocenters. The monoisotopic (exact) mass is 287 g/mol. The van der Waals surface area contributed by atoms with E-state index in [1.165, 1.54) is 4.31 Å². The molecule has 108 valence electrons. The van der Waals surface area contributed by atoms with E-state index >= 15 is 0 Å². The lowest BCUT2D eigenvalue weighted by molar-refractivity contribution is 0.273. The first kappa shape index (κ1) is 14.3. The number of aryl methyl sites for hydroxylation is 2. The molecule has 1 aliphatic rings. The average Bonchev–Trinajstić information content (AvgIpc) is 2.70. The van der Waals surface area contributed by atoms with Gasteiger partial charge in [-0.3, -0.25) is 9.82 Å².